The van der Waals surface area contributed by atoms with Crippen molar-refractivity contribution in [3.63, 3.8) is 0 Å². The largest absolute Gasteiger partial charge is 0.573 e. The zero-order valence-electron chi connectivity index (χ0n) is 9.47. The summed E-state index contributed by atoms with van der Waals surface area (Å²) in [4.78, 5) is 0. The van der Waals surface area contributed by atoms with E-state index in [1.807, 2.05) is 0 Å². The van der Waals surface area contributed by atoms with E-state index in [9.17, 15) is 26.3 Å². The summed E-state index contributed by atoms with van der Waals surface area (Å²) < 4.78 is 81.3. The van der Waals surface area contributed by atoms with E-state index in [4.69, 9.17) is 5.73 Å². The van der Waals surface area contributed by atoms with Gasteiger partial charge >= 0.3 is 12.5 Å². The van der Waals surface area contributed by atoms with E-state index in [2.05, 4.69) is 9.47 Å². The molecule has 0 aliphatic carbocycles. The van der Waals surface area contributed by atoms with Gasteiger partial charge in [-0.05, 0) is 12.1 Å². The van der Waals surface area contributed by atoms with E-state index in [0.29, 0.717) is 6.07 Å². The van der Waals surface area contributed by atoms with Crippen LogP contribution in [-0.4, -0.2) is 19.6 Å². The molecule has 0 amide bonds. The Morgan fingerprint density at radius 2 is 1.68 bits per heavy atom. The van der Waals surface area contributed by atoms with Crippen LogP contribution in [0, 0.1) is 0 Å². The zero-order valence-corrected chi connectivity index (χ0v) is 9.47. The van der Waals surface area contributed by atoms with E-state index in [1.54, 1.807) is 0 Å². The van der Waals surface area contributed by atoms with Gasteiger partial charge in [0.1, 0.15) is 17.5 Å². The molecule has 108 valence electrons. The van der Waals surface area contributed by atoms with Gasteiger partial charge in [-0.25, -0.2) is 0 Å². The lowest BCUT2D eigenvalue weighted by atomic mass is 10.1. The van der Waals surface area contributed by atoms with Gasteiger partial charge in [-0.1, -0.05) is 0 Å². The Kier molecular flexibility index (Phi) is 4.18. The van der Waals surface area contributed by atoms with Crippen molar-refractivity contribution in [2.45, 2.75) is 18.6 Å². The number of rotatable bonds is 3. The Balaban J connectivity index is 3.10. The number of nitrogens with two attached hydrogens (primary N) is 1. The van der Waals surface area contributed by atoms with Crippen LogP contribution in [0.4, 0.5) is 26.3 Å². The Morgan fingerprint density at radius 1 is 1.11 bits per heavy atom. The maximum absolute atomic E-state index is 12.4. The maximum atomic E-state index is 12.4. The molecule has 1 aromatic carbocycles. The molecule has 0 saturated heterocycles. The summed E-state index contributed by atoms with van der Waals surface area (Å²) in [6.07, 6.45) is -9.68. The molecule has 3 nitrogen and oxygen atoms in total. The number of benzene rings is 1. The molecule has 0 saturated carbocycles. The highest BCUT2D eigenvalue weighted by molar-refractivity contribution is 5.43. The van der Waals surface area contributed by atoms with Gasteiger partial charge < -0.3 is 15.2 Å². The maximum Gasteiger partial charge on any atom is 0.573 e. The highest BCUT2D eigenvalue weighted by Gasteiger charge is 2.40. The van der Waals surface area contributed by atoms with Gasteiger partial charge in [0.15, 0.2) is 0 Å². The molecule has 2 N–H and O–H groups in total. The third-order valence-corrected chi connectivity index (χ3v) is 2.13. The first kappa shape index (κ1) is 15.4. The Labute approximate surface area is 103 Å². The molecule has 9 heteroatoms. The molecule has 0 aliphatic heterocycles. The molecular formula is C10H9F6NO2. The molecule has 0 fully saturated rings. The lowest BCUT2D eigenvalue weighted by Crippen LogP contribution is -2.28. The number of hydrogen-bond acceptors (Lipinski definition) is 3. The minimum Gasteiger partial charge on any atom is -0.496 e. The van der Waals surface area contributed by atoms with Gasteiger partial charge in [-0.15, -0.1) is 13.2 Å². The van der Waals surface area contributed by atoms with Crippen molar-refractivity contribution in [2.24, 2.45) is 5.73 Å². The minimum absolute atomic E-state index is 0.438. The average molecular weight is 289 g/mol. The second-order valence-corrected chi connectivity index (χ2v) is 3.47. The van der Waals surface area contributed by atoms with Crippen LogP contribution < -0.4 is 15.2 Å². The summed E-state index contributed by atoms with van der Waals surface area (Å²) >= 11 is 0. The molecule has 19 heavy (non-hydrogen) atoms. The monoisotopic (exact) mass is 289 g/mol. The van der Waals surface area contributed by atoms with Gasteiger partial charge in [0.25, 0.3) is 0 Å². The Hall–Kier alpha value is -1.64. The smallest absolute Gasteiger partial charge is 0.496 e. The van der Waals surface area contributed by atoms with Crippen LogP contribution in [0.1, 0.15) is 11.6 Å². The van der Waals surface area contributed by atoms with E-state index < -0.39 is 35.6 Å². The predicted molar refractivity (Wildman–Crippen MR) is 52.7 cm³/mol. The fourth-order valence-corrected chi connectivity index (χ4v) is 1.32. The van der Waals surface area contributed by atoms with Crippen LogP contribution in [0.15, 0.2) is 18.2 Å². The third-order valence-electron chi connectivity index (χ3n) is 2.13. The molecule has 0 unspecified atom stereocenters. The lowest BCUT2D eigenvalue weighted by molar-refractivity contribution is -0.274. The normalized spacial score (nSPS) is 14.1. The first-order valence-electron chi connectivity index (χ1n) is 4.80. The Bertz CT molecular complexity index is 443. The first-order chi connectivity index (χ1) is 8.54. The van der Waals surface area contributed by atoms with Crippen molar-refractivity contribution < 1.29 is 35.8 Å². The number of hydrogen-bond donors (Lipinski definition) is 1. The highest BCUT2D eigenvalue weighted by Crippen LogP contribution is 2.37. The van der Waals surface area contributed by atoms with Crippen molar-refractivity contribution >= 4 is 0 Å². The van der Waals surface area contributed by atoms with Crippen LogP contribution in [0.25, 0.3) is 0 Å². The first-order valence-corrected chi connectivity index (χ1v) is 4.80. The number of methoxy groups -OCH3 is 1. The SMILES string of the molecule is COc1cc(OC(F)(F)F)ccc1[C@H](N)C(F)(F)F. The van der Waals surface area contributed by atoms with Crippen molar-refractivity contribution in [3.8, 4) is 11.5 Å². The molecule has 0 bridgehead atoms. The van der Waals surface area contributed by atoms with E-state index in [0.717, 1.165) is 19.2 Å². The third kappa shape index (κ3) is 4.19. The highest BCUT2D eigenvalue weighted by atomic mass is 19.4. The molecule has 1 rings (SSSR count). The van der Waals surface area contributed by atoms with Crippen molar-refractivity contribution in [2.75, 3.05) is 7.11 Å². The second kappa shape index (κ2) is 5.16. The lowest BCUT2D eigenvalue weighted by Gasteiger charge is -2.19. The van der Waals surface area contributed by atoms with E-state index in [-0.39, 0.29) is 0 Å². The van der Waals surface area contributed by atoms with Gasteiger partial charge in [0.2, 0.25) is 0 Å². The van der Waals surface area contributed by atoms with Crippen molar-refractivity contribution in [1.82, 2.24) is 0 Å². The van der Waals surface area contributed by atoms with E-state index in [1.165, 1.54) is 0 Å². The van der Waals surface area contributed by atoms with Crippen LogP contribution in [0.3, 0.4) is 0 Å². The molecule has 0 aromatic heterocycles. The quantitative estimate of drug-likeness (QED) is 0.869. The molecule has 0 aliphatic rings. The van der Waals surface area contributed by atoms with Gasteiger partial charge in [0.05, 0.1) is 7.11 Å². The Morgan fingerprint density at radius 3 is 2.11 bits per heavy atom. The van der Waals surface area contributed by atoms with Gasteiger partial charge in [-0.3, -0.25) is 0 Å². The number of halogens is 6. The van der Waals surface area contributed by atoms with Gasteiger partial charge in [-0.2, -0.15) is 13.2 Å². The predicted octanol–water partition coefficient (Wildman–Crippen LogP) is 3.16. The number of ether oxygens (including phenoxy) is 2. The van der Waals surface area contributed by atoms with Crippen LogP contribution in [0.2, 0.25) is 0 Å². The molecule has 1 atom stereocenters. The fourth-order valence-electron chi connectivity index (χ4n) is 1.32. The fraction of sp³-hybridized carbons (Fsp3) is 0.400. The summed E-state index contributed by atoms with van der Waals surface area (Å²) in [5, 5.41) is 0. The molecular weight excluding hydrogens is 280 g/mol. The van der Waals surface area contributed by atoms with Crippen molar-refractivity contribution in [3.05, 3.63) is 23.8 Å². The molecule has 0 heterocycles. The molecule has 1 aromatic rings. The zero-order chi connectivity index (χ0) is 14.8. The topological polar surface area (TPSA) is 44.5 Å². The summed E-state index contributed by atoms with van der Waals surface area (Å²) in [6.45, 7) is 0. The van der Waals surface area contributed by atoms with Crippen molar-refractivity contribution in [1.29, 1.82) is 0 Å². The van der Waals surface area contributed by atoms with E-state index >= 15 is 0 Å². The molecule has 0 radical (unpaired) electrons. The summed E-state index contributed by atoms with van der Waals surface area (Å²) in [5.74, 6) is -1.13. The summed E-state index contributed by atoms with van der Waals surface area (Å²) in [5.41, 5.74) is 4.48. The average Bonchev–Trinajstić information content (AvgIpc) is 2.24. The second-order valence-electron chi connectivity index (χ2n) is 3.47. The number of alkyl halides is 6. The van der Waals surface area contributed by atoms with Crippen LogP contribution >= 0.6 is 0 Å². The summed E-state index contributed by atoms with van der Waals surface area (Å²) in [7, 11) is 1.01. The van der Waals surface area contributed by atoms with Gasteiger partial charge in [0, 0.05) is 11.6 Å². The summed E-state index contributed by atoms with van der Waals surface area (Å²) in [6, 6.07) is -0.161. The standard InChI is InChI=1S/C10H9F6NO2/c1-18-7-4-5(19-10(14,15)16)2-3-6(7)8(17)9(11,12)13/h2-4,8H,17H2,1H3/t8-/m0/s1. The van der Waals surface area contributed by atoms with Crippen LogP contribution in [0.5, 0.6) is 11.5 Å². The van der Waals surface area contributed by atoms with Crippen LogP contribution in [-0.2, 0) is 0 Å². The minimum atomic E-state index is -4.95. The molecule has 0 spiro atoms.